The van der Waals surface area contributed by atoms with Gasteiger partial charge in [-0.3, -0.25) is 4.99 Å². The van der Waals surface area contributed by atoms with E-state index >= 15 is 0 Å². The Hall–Kier alpha value is -0.610. The summed E-state index contributed by atoms with van der Waals surface area (Å²) in [7, 11) is 1.67. The summed E-state index contributed by atoms with van der Waals surface area (Å²) in [6.45, 7) is 8.53. The Morgan fingerprint density at radius 2 is 1.83 bits per heavy atom. The summed E-state index contributed by atoms with van der Waals surface area (Å²) in [4.78, 5) is 4.42. The summed E-state index contributed by atoms with van der Waals surface area (Å²) in [5.41, 5.74) is 6.23. The van der Waals surface area contributed by atoms with Crippen LogP contribution in [-0.4, -0.2) is 38.3 Å². The van der Waals surface area contributed by atoms with Crippen molar-refractivity contribution in [3.8, 4) is 0 Å². The minimum atomic E-state index is -0.335. The fourth-order valence-corrected chi connectivity index (χ4v) is 2.48. The Balaban J connectivity index is 2.72. The molecule has 18 heavy (non-hydrogen) atoms. The monoisotopic (exact) mass is 256 g/mol. The maximum atomic E-state index is 6.17. The first-order valence-electron chi connectivity index (χ1n) is 6.89. The van der Waals surface area contributed by atoms with Crippen LogP contribution in [0.4, 0.5) is 0 Å². The molecule has 0 unspecified atom stereocenters. The van der Waals surface area contributed by atoms with Gasteiger partial charge < -0.3 is 15.2 Å². The van der Waals surface area contributed by atoms with Gasteiger partial charge in [-0.05, 0) is 38.0 Å². The molecule has 0 bridgehead atoms. The number of hydrogen-bond acceptors (Lipinski definition) is 3. The Kier molecular flexibility index (Phi) is 5.60. The van der Waals surface area contributed by atoms with Crippen LogP contribution in [0.3, 0.4) is 0 Å². The molecular weight excluding hydrogens is 228 g/mol. The lowest BCUT2D eigenvalue weighted by atomic mass is 9.70. The first kappa shape index (κ1) is 15.4. The average Bonchev–Trinajstić information content (AvgIpc) is 2.33. The molecule has 4 heteroatoms. The number of methoxy groups -OCH3 is 1. The molecule has 0 aromatic heterocycles. The number of aliphatic imine (C=N–C) groups is 1. The molecule has 0 aromatic rings. The molecule has 1 aliphatic carbocycles. The van der Waals surface area contributed by atoms with E-state index in [1.165, 1.54) is 0 Å². The quantitative estimate of drug-likeness (QED) is 0.451. The van der Waals surface area contributed by atoms with Crippen molar-refractivity contribution in [1.82, 2.24) is 0 Å². The zero-order valence-corrected chi connectivity index (χ0v) is 12.3. The summed E-state index contributed by atoms with van der Waals surface area (Å²) in [5, 5.41) is 0. The molecule has 1 aliphatic rings. The van der Waals surface area contributed by atoms with Gasteiger partial charge in [0.1, 0.15) is 11.4 Å². The van der Waals surface area contributed by atoms with Gasteiger partial charge in [0.2, 0.25) is 0 Å². The van der Waals surface area contributed by atoms with E-state index < -0.39 is 0 Å². The molecule has 2 N–H and O–H groups in total. The average molecular weight is 256 g/mol. The molecule has 0 spiro atoms. The number of amidine groups is 1. The molecule has 1 rings (SSSR count). The SMILES string of the molecule is CCOC1(C(N)=NCCOC)CCC(C)(C)CC1. The molecule has 0 aromatic carbocycles. The van der Waals surface area contributed by atoms with Gasteiger partial charge in [-0.1, -0.05) is 13.8 Å². The van der Waals surface area contributed by atoms with E-state index in [2.05, 4.69) is 18.8 Å². The summed E-state index contributed by atoms with van der Waals surface area (Å²) < 4.78 is 11.0. The second-order valence-corrected chi connectivity index (χ2v) is 5.85. The highest BCUT2D eigenvalue weighted by atomic mass is 16.5. The van der Waals surface area contributed by atoms with Gasteiger partial charge in [-0.2, -0.15) is 0 Å². The van der Waals surface area contributed by atoms with Crippen LogP contribution in [0.25, 0.3) is 0 Å². The van der Waals surface area contributed by atoms with Crippen molar-refractivity contribution in [3.05, 3.63) is 0 Å². The minimum Gasteiger partial charge on any atom is -0.385 e. The molecule has 0 amide bonds. The highest BCUT2D eigenvalue weighted by Crippen LogP contribution is 2.42. The largest absolute Gasteiger partial charge is 0.385 e. The zero-order valence-electron chi connectivity index (χ0n) is 12.3. The molecule has 1 saturated carbocycles. The number of nitrogens with two attached hydrogens (primary N) is 1. The van der Waals surface area contributed by atoms with Crippen molar-refractivity contribution in [2.75, 3.05) is 26.9 Å². The summed E-state index contributed by atoms with van der Waals surface area (Å²) in [5.74, 6) is 0.650. The van der Waals surface area contributed by atoms with Gasteiger partial charge in [0, 0.05) is 13.7 Å². The molecule has 0 radical (unpaired) electrons. The van der Waals surface area contributed by atoms with E-state index in [1.807, 2.05) is 6.92 Å². The Morgan fingerprint density at radius 3 is 2.33 bits per heavy atom. The highest BCUT2D eigenvalue weighted by molar-refractivity contribution is 5.89. The van der Waals surface area contributed by atoms with E-state index in [0.29, 0.717) is 31.0 Å². The highest BCUT2D eigenvalue weighted by Gasteiger charge is 2.41. The van der Waals surface area contributed by atoms with Crippen LogP contribution < -0.4 is 5.73 Å². The smallest absolute Gasteiger partial charge is 0.126 e. The van der Waals surface area contributed by atoms with Crippen LogP contribution >= 0.6 is 0 Å². The Bertz CT molecular complexity index is 278. The van der Waals surface area contributed by atoms with E-state index in [1.54, 1.807) is 7.11 Å². The normalized spacial score (nSPS) is 23.0. The van der Waals surface area contributed by atoms with E-state index in [0.717, 1.165) is 25.7 Å². The van der Waals surface area contributed by atoms with Gasteiger partial charge in [-0.25, -0.2) is 0 Å². The Morgan fingerprint density at radius 1 is 1.22 bits per heavy atom. The van der Waals surface area contributed by atoms with Crippen LogP contribution in [-0.2, 0) is 9.47 Å². The van der Waals surface area contributed by atoms with Gasteiger partial charge in [0.25, 0.3) is 0 Å². The van der Waals surface area contributed by atoms with Crippen molar-refractivity contribution in [1.29, 1.82) is 0 Å². The van der Waals surface area contributed by atoms with Gasteiger partial charge in [-0.15, -0.1) is 0 Å². The van der Waals surface area contributed by atoms with Gasteiger partial charge in [0.15, 0.2) is 0 Å². The van der Waals surface area contributed by atoms with Crippen LogP contribution in [0.5, 0.6) is 0 Å². The minimum absolute atomic E-state index is 0.335. The van der Waals surface area contributed by atoms with Gasteiger partial charge >= 0.3 is 0 Å². The third-order valence-electron chi connectivity index (χ3n) is 3.88. The Labute approximate surface area is 111 Å². The third-order valence-corrected chi connectivity index (χ3v) is 3.88. The van der Waals surface area contributed by atoms with Crippen LogP contribution in [0.1, 0.15) is 46.5 Å². The van der Waals surface area contributed by atoms with Crippen molar-refractivity contribution < 1.29 is 9.47 Å². The fraction of sp³-hybridized carbons (Fsp3) is 0.929. The standard InChI is InChI=1S/C14H28N2O2/c1-5-18-14(12(15)16-10-11-17-4)8-6-13(2,3)7-9-14/h5-11H2,1-4H3,(H2,15,16). The second kappa shape index (κ2) is 6.53. The summed E-state index contributed by atoms with van der Waals surface area (Å²) in [6.07, 6.45) is 4.20. The lowest BCUT2D eigenvalue weighted by Crippen LogP contribution is -2.50. The molecule has 0 aliphatic heterocycles. The van der Waals surface area contributed by atoms with Crippen LogP contribution in [0.2, 0.25) is 0 Å². The molecule has 0 atom stereocenters. The second-order valence-electron chi connectivity index (χ2n) is 5.85. The van der Waals surface area contributed by atoms with Crippen molar-refractivity contribution in [2.45, 2.75) is 52.1 Å². The molecule has 0 saturated heterocycles. The van der Waals surface area contributed by atoms with Gasteiger partial charge in [0.05, 0.1) is 13.2 Å². The van der Waals surface area contributed by atoms with Crippen LogP contribution in [0.15, 0.2) is 4.99 Å². The number of hydrogen-bond donors (Lipinski definition) is 1. The van der Waals surface area contributed by atoms with E-state index in [4.69, 9.17) is 15.2 Å². The lowest BCUT2D eigenvalue weighted by molar-refractivity contribution is -0.0342. The van der Waals surface area contributed by atoms with Crippen molar-refractivity contribution in [3.63, 3.8) is 0 Å². The maximum absolute atomic E-state index is 6.17. The summed E-state index contributed by atoms with van der Waals surface area (Å²) >= 11 is 0. The molecule has 106 valence electrons. The topological polar surface area (TPSA) is 56.8 Å². The molecule has 0 heterocycles. The molecule has 4 nitrogen and oxygen atoms in total. The third kappa shape index (κ3) is 3.95. The fourth-order valence-electron chi connectivity index (χ4n) is 2.48. The predicted molar refractivity (Wildman–Crippen MR) is 75.0 cm³/mol. The zero-order chi connectivity index (χ0) is 13.6. The molecular formula is C14H28N2O2. The number of ether oxygens (including phenoxy) is 2. The van der Waals surface area contributed by atoms with Crippen molar-refractivity contribution in [2.24, 2.45) is 16.1 Å². The van der Waals surface area contributed by atoms with Crippen LogP contribution in [0, 0.1) is 5.41 Å². The predicted octanol–water partition coefficient (Wildman–Crippen LogP) is 2.37. The van der Waals surface area contributed by atoms with Crippen molar-refractivity contribution >= 4 is 5.84 Å². The maximum Gasteiger partial charge on any atom is 0.126 e. The first-order chi connectivity index (χ1) is 8.46. The number of nitrogens with zero attached hydrogens (tertiary/aromatic N) is 1. The van der Waals surface area contributed by atoms with E-state index in [-0.39, 0.29) is 5.60 Å². The summed E-state index contributed by atoms with van der Waals surface area (Å²) in [6, 6.07) is 0. The van der Waals surface area contributed by atoms with E-state index in [9.17, 15) is 0 Å². The lowest BCUT2D eigenvalue weighted by Gasteiger charge is -2.42. The first-order valence-corrected chi connectivity index (χ1v) is 6.89. The molecule has 1 fully saturated rings. The number of rotatable bonds is 6.